The summed E-state index contributed by atoms with van der Waals surface area (Å²) in [6.45, 7) is 7.16. The predicted molar refractivity (Wildman–Crippen MR) is 149 cm³/mol. The van der Waals surface area contributed by atoms with Gasteiger partial charge in [0.05, 0.1) is 38.6 Å². The number of methoxy groups -OCH3 is 1. The third kappa shape index (κ3) is 5.03. The molecule has 2 saturated heterocycles. The highest BCUT2D eigenvalue weighted by molar-refractivity contribution is 5.78. The Morgan fingerprint density at radius 2 is 1.80 bits per heavy atom. The number of nitrogens with zero attached hydrogens (tertiary/aromatic N) is 5. The molecule has 210 valence electrons. The number of aromatic nitrogens is 3. The van der Waals surface area contributed by atoms with Gasteiger partial charge in [0.25, 0.3) is 0 Å². The molecule has 6 rings (SSSR count). The molecule has 2 fully saturated rings. The molecule has 0 N–H and O–H groups in total. The summed E-state index contributed by atoms with van der Waals surface area (Å²) < 4.78 is 22.9. The van der Waals surface area contributed by atoms with E-state index in [0.29, 0.717) is 31.6 Å². The fourth-order valence-corrected chi connectivity index (χ4v) is 5.85. The molecular formula is C30H35N5O5. The predicted octanol–water partition coefficient (Wildman–Crippen LogP) is 4.71. The Morgan fingerprint density at radius 3 is 2.52 bits per heavy atom. The summed E-state index contributed by atoms with van der Waals surface area (Å²) in [4.78, 5) is 22.0. The van der Waals surface area contributed by atoms with Crippen LogP contribution in [-0.4, -0.2) is 77.3 Å². The van der Waals surface area contributed by atoms with Crippen LogP contribution in [-0.2, 0) is 16.1 Å². The number of rotatable bonds is 4. The van der Waals surface area contributed by atoms with Crippen LogP contribution in [0.1, 0.15) is 39.2 Å². The van der Waals surface area contributed by atoms with Crippen molar-refractivity contribution < 1.29 is 23.7 Å². The van der Waals surface area contributed by atoms with E-state index in [1.54, 1.807) is 13.3 Å². The van der Waals surface area contributed by atoms with Gasteiger partial charge in [-0.25, -0.2) is 4.79 Å². The van der Waals surface area contributed by atoms with E-state index in [-0.39, 0.29) is 24.2 Å². The van der Waals surface area contributed by atoms with Crippen molar-refractivity contribution in [2.75, 3.05) is 32.3 Å². The summed E-state index contributed by atoms with van der Waals surface area (Å²) >= 11 is 0. The number of carbonyl (C=O) groups is 1. The molecule has 3 aliphatic heterocycles. The quantitative estimate of drug-likeness (QED) is 0.462. The van der Waals surface area contributed by atoms with Crippen LogP contribution in [0.3, 0.4) is 0 Å². The Bertz CT molecular complexity index is 1410. The Balaban J connectivity index is 1.20. The zero-order chi connectivity index (χ0) is 28.0. The van der Waals surface area contributed by atoms with Gasteiger partial charge >= 0.3 is 6.09 Å². The van der Waals surface area contributed by atoms with E-state index in [0.717, 1.165) is 46.5 Å². The first-order valence-electron chi connectivity index (χ1n) is 13.7. The first-order chi connectivity index (χ1) is 19.2. The minimum absolute atomic E-state index is 0.0275. The van der Waals surface area contributed by atoms with E-state index in [1.807, 2.05) is 31.7 Å². The number of hydrogen-bond donors (Lipinski definition) is 0. The van der Waals surface area contributed by atoms with Crippen LogP contribution in [0, 0.1) is 0 Å². The zero-order valence-electron chi connectivity index (χ0n) is 23.6. The molecule has 10 nitrogen and oxygen atoms in total. The van der Waals surface area contributed by atoms with E-state index in [9.17, 15) is 4.79 Å². The maximum Gasteiger partial charge on any atom is 0.410 e. The van der Waals surface area contributed by atoms with Crippen LogP contribution in [0.4, 0.5) is 10.6 Å². The number of ether oxygens (including phenoxy) is 4. The minimum atomic E-state index is -0.531. The smallest absolute Gasteiger partial charge is 0.410 e. The third-order valence-electron chi connectivity index (χ3n) is 7.79. The molecule has 1 unspecified atom stereocenters. The third-order valence-corrected chi connectivity index (χ3v) is 7.79. The SMILES string of the molecule is COc1cc(-c2ccc3c(c2)COc2nc(N(C)C4C[C@H]5COC[C@@H](C4)N5C(=O)OC(C)(C)C)ccc2-3)cnn1. The lowest BCUT2D eigenvalue weighted by atomic mass is 9.89. The van der Waals surface area contributed by atoms with Gasteiger partial charge in [0, 0.05) is 30.3 Å². The standard InChI is InChI=1S/C30H35N5O5/c1-30(2,3)40-29(36)35-22-12-21(13-23(35)17-38-16-22)34(4)26-9-8-25-24-7-6-18(10-20(24)15-39-28(25)32-26)19-11-27(37-5)33-31-14-19/h6-11,14,21-23H,12-13,15-17H2,1-5H3/t21?,22-,23+. The van der Waals surface area contributed by atoms with Crippen molar-refractivity contribution in [2.24, 2.45) is 0 Å². The Hall–Kier alpha value is -3.92. The highest BCUT2D eigenvalue weighted by Gasteiger charge is 2.44. The van der Waals surface area contributed by atoms with Gasteiger partial charge in [-0.15, -0.1) is 5.10 Å². The number of pyridine rings is 1. The first-order valence-corrected chi connectivity index (χ1v) is 13.7. The summed E-state index contributed by atoms with van der Waals surface area (Å²) in [6, 6.07) is 12.5. The average molecular weight is 546 g/mol. The topological polar surface area (TPSA) is 99.1 Å². The largest absolute Gasteiger partial charge is 0.480 e. The van der Waals surface area contributed by atoms with Gasteiger partial charge in [-0.3, -0.25) is 4.90 Å². The van der Waals surface area contributed by atoms with Gasteiger partial charge < -0.3 is 23.8 Å². The van der Waals surface area contributed by atoms with Crippen molar-refractivity contribution in [1.29, 1.82) is 0 Å². The highest BCUT2D eigenvalue weighted by atomic mass is 16.6. The van der Waals surface area contributed by atoms with Crippen molar-refractivity contribution in [3.8, 4) is 34.0 Å². The first kappa shape index (κ1) is 26.3. The molecule has 1 amide bonds. The molecular weight excluding hydrogens is 510 g/mol. The van der Waals surface area contributed by atoms with Gasteiger partial charge in [0.15, 0.2) is 0 Å². The maximum atomic E-state index is 13.0. The van der Waals surface area contributed by atoms with Gasteiger partial charge in [-0.1, -0.05) is 12.1 Å². The molecule has 0 saturated carbocycles. The Labute approximate surface area is 234 Å². The van der Waals surface area contributed by atoms with Crippen molar-refractivity contribution in [3.05, 3.63) is 48.2 Å². The number of fused-ring (bicyclic) bond motifs is 5. The van der Waals surface area contributed by atoms with Gasteiger partial charge in [-0.05, 0) is 68.5 Å². The molecule has 3 aromatic rings. The van der Waals surface area contributed by atoms with Crippen molar-refractivity contribution in [3.63, 3.8) is 0 Å². The molecule has 5 heterocycles. The van der Waals surface area contributed by atoms with Crippen LogP contribution in [0.15, 0.2) is 42.6 Å². The summed E-state index contributed by atoms with van der Waals surface area (Å²) in [5.74, 6) is 1.96. The average Bonchev–Trinajstić information content (AvgIpc) is 2.94. The highest BCUT2D eigenvalue weighted by Crippen LogP contribution is 2.40. The number of hydrogen-bond acceptors (Lipinski definition) is 9. The molecule has 0 spiro atoms. The van der Waals surface area contributed by atoms with Gasteiger partial charge in [-0.2, -0.15) is 10.1 Å². The van der Waals surface area contributed by atoms with Crippen molar-refractivity contribution in [1.82, 2.24) is 20.1 Å². The zero-order valence-corrected chi connectivity index (χ0v) is 23.6. The van der Waals surface area contributed by atoms with Crippen LogP contribution in [0.5, 0.6) is 11.8 Å². The van der Waals surface area contributed by atoms with Crippen molar-refractivity contribution >= 4 is 11.9 Å². The second-order valence-corrected chi connectivity index (χ2v) is 11.6. The van der Waals surface area contributed by atoms with Crippen LogP contribution in [0.2, 0.25) is 0 Å². The summed E-state index contributed by atoms with van der Waals surface area (Å²) in [7, 11) is 3.65. The second kappa shape index (κ2) is 10.2. The van der Waals surface area contributed by atoms with E-state index >= 15 is 0 Å². The molecule has 10 heteroatoms. The minimum Gasteiger partial charge on any atom is -0.480 e. The van der Waals surface area contributed by atoms with E-state index in [4.69, 9.17) is 23.9 Å². The molecule has 0 radical (unpaired) electrons. The number of piperidine rings is 1. The van der Waals surface area contributed by atoms with Crippen LogP contribution >= 0.6 is 0 Å². The number of benzene rings is 1. The fourth-order valence-electron chi connectivity index (χ4n) is 5.85. The van der Waals surface area contributed by atoms with Crippen LogP contribution in [0.25, 0.3) is 22.3 Å². The molecule has 3 atom stereocenters. The number of anilines is 1. The van der Waals surface area contributed by atoms with Gasteiger partial charge in [0.1, 0.15) is 18.0 Å². The number of amides is 1. The number of morpholine rings is 1. The monoisotopic (exact) mass is 545 g/mol. The van der Waals surface area contributed by atoms with E-state index in [2.05, 4.69) is 52.5 Å². The van der Waals surface area contributed by atoms with Crippen LogP contribution < -0.4 is 14.4 Å². The fraction of sp³-hybridized carbons (Fsp3) is 0.467. The number of carbonyl (C=O) groups excluding carboxylic acids is 1. The van der Waals surface area contributed by atoms with E-state index < -0.39 is 5.60 Å². The summed E-state index contributed by atoms with van der Waals surface area (Å²) in [6.07, 6.45) is 3.04. The molecule has 40 heavy (non-hydrogen) atoms. The second-order valence-electron chi connectivity index (χ2n) is 11.6. The summed E-state index contributed by atoms with van der Waals surface area (Å²) in [5.41, 5.74) is 4.60. The van der Waals surface area contributed by atoms with E-state index in [1.165, 1.54) is 0 Å². The lowest BCUT2D eigenvalue weighted by Gasteiger charge is -2.50. The molecule has 1 aromatic carbocycles. The molecule has 2 bridgehead atoms. The molecule has 2 aromatic heterocycles. The molecule has 0 aliphatic carbocycles. The Morgan fingerprint density at radius 1 is 1.05 bits per heavy atom. The lowest BCUT2D eigenvalue weighted by Crippen LogP contribution is -2.62. The summed E-state index contributed by atoms with van der Waals surface area (Å²) in [5, 5.41) is 7.99. The maximum absolute atomic E-state index is 13.0. The van der Waals surface area contributed by atoms with Crippen molar-refractivity contribution in [2.45, 2.75) is 63.9 Å². The molecule has 3 aliphatic rings. The normalized spacial score (nSPS) is 21.5. The Kier molecular flexibility index (Phi) is 6.74. The van der Waals surface area contributed by atoms with Gasteiger partial charge in [0.2, 0.25) is 11.8 Å². The lowest BCUT2D eigenvalue weighted by molar-refractivity contribution is -0.0820.